The van der Waals surface area contributed by atoms with Crippen LogP contribution in [0.15, 0.2) is 90.5 Å². The predicted molar refractivity (Wildman–Crippen MR) is 184 cm³/mol. The van der Waals surface area contributed by atoms with Gasteiger partial charge in [-0.05, 0) is 67.4 Å². The molecule has 4 heterocycles. The van der Waals surface area contributed by atoms with Crippen LogP contribution >= 0.6 is 0 Å². The highest BCUT2D eigenvalue weighted by Crippen LogP contribution is 2.42. The van der Waals surface area contributed by atoms with Crippen LogP contribution in [-0.2, 0) is 33.1 Å². The van der Waals surface area contributed by atoms with Crippen molar-refractivity contribution in [2.75, 3.05) is 62.9 Å². The molecule has 2 aromatic heterocycles. The molecule has 268 valence electrons. The number of aromatic nitrogens is 6. The molecule has 2 fully saturated rings. The van der Waals surface area contributed by atoms with Gasteiger partial charge < -0.3 is 28.7 Å². The van der Waals surface area contributed by atoms with Crippen molar-refractivity contribution in [1.29, 1.82) is 0 Å². The van der Waals surface area contributed by atoms with Crippen LogP contribution in [0.3, 0.4) is 0 Å². The summed E-state index contributed by atoms with van der Waals surface area (Å²) in [4.78, 5) is 21.4. The van der Waals surface area contributed by atoms with Gasteiger partial charge in [-0.25, -0.2) is 27.8 Å². The number of halogens is 2. The second-order valence-electron chi connectivity index (χ2n) is 12.6. The van der Waals surface area contributed by atoms with Gasteiger partial charge in [0.05, 0.1) is 31.5 Å². The third kappa shape index (κ3) is 7.80. The Kier molecular flexibility index (Phi) is 10.4. The van der Waals surface area contributed by atoms with Gasteiger partial charge in [-0.2, -0.15) is 14.9 Å². The molecule has 0 radical (unpaired) electrons. The first-order valence-corrected chi connectivity index (χ1v) is 16.9. The molecule has 0 unspecified atom stereocenters. The van der Waals surface area contributed by atoms with Crippen LogP contribution in [0.2, 0.25) is 0 Å². The van der Waals surface area contributed by atoms with Crippen molar-refractivity contribution in [2.24, 2.45) is 0 Å². The molecule has 2 saturated heterocycles. The Balaban J connectivity index is 0.904. The third-order valence-electron chi connectivity index (χ3n) is 9.36. The largest absolute Gasteiger partial charge is 0.491 e. The zero-order chi connectivity index (χ0) is 35.2. The highest BCUT2D eigenvalue weighted by Gasteiger charge is 2.44. The highest BCUT2D eigenvalue weighted by atomic mass is 19.1. The Morgan fingerprint density at radius 2 is 1.59 bits per heavy atom. The second kappa shape index (κ2) is 15.4. The van der Waals surface area contributed by atoms with E-state index >= 15 is 0 Å². The van der Waals surface area contributed by atoms with E-state index in [9.17, 15) is 13.6 Å². The van der Waals surface area contributed by atoms with Gasteiger partial charge >= 0.3 is 5.69 Å². The second-order valence-corrected chi connectivity index (χ2v) is 12.6. The SMILES string of the molecule is COCCOCn1ncn(-c2ccc(N3CCN(c4ccc(OC[C@H]5CC[C@](Cn6cncn6)(c6ccc(F)cc6F)O5)cc4)CC3)cc2)c1=O. The van der Waals surface area contributed by atoms with Crippen molar-refractivity contribution < 1.29 is 27.7 Å². The minimum absolute atomic E-state index is 0.0684. The van der Waals surface area contributed by atoms with Gasteiger partial charge in [-0.3, -0.25) is 0 Å². The summed E-state index contributed by atoms with van der Waals surface area (Å²) in [6, 6.07) is 19.5. The van der Waals surface area contributed by atoms with Crippen LogP contribution < -0.4 is 20.2 Å². The lowest BCUT2D eigenvalue weighted by molar-refractivity contribution is -0.0734. The van der Waals surface area contributed by atoms with Gasteiger partial charge in [0.15, 0.2) is 0 Å². The number of methoxy groups -OCH3 is 1. The summed E-state index contributed by atoms with van der Waals surface area (Å²) in [6.07, 6.45) is 5.35. The number of rotatable bonds is 14. The lowest BCUT2D eigenvalue weighted by atomic mass is 9.90. The standard InChI is InChI=1S/C36H40F2N8O5/c1-48-18-19-49-26-46-35(47)45(25-41-46)30-5-3-28(4-6-30)42-14-16-43(17-15-42)29-7-9-31(10-8-29)50-21-32-12-13-36(51-32,22-44-24-39-23-40-44)33-11-2-27(37)20-34(33)38/h2-11,20,23-25,32H,12-19,21-22,26H2,1H3/t32-,36+/m1/s1. The normalized spacial score (nSPS) is 19.2. The van der Waals surface area contributed by atoms with E-state index in [-0.39, 0.29) is 25.1 Å². The molecule has 13 nitrogen and oxygen atoms in total. The molecule has 2 aliphatic heterocycles. The van der Waals surface area contributed by atoms with Crippen molar-refractivity contribution in [3.8, 4) is 11.4 Å². The van der Waals surface area contributed by atoms with E-state index in [0.29, 0.717) is 44.0 Å². The fourth-order valence-electron chi connectivity index (χ4n) is 6.67. The highest BCUT2D eigenvalue weighted by molar-refractivity contribution is 5.54. The molecule has 0 N–H and O–H groups in total. The van der Waals surface area contributed by atoms with Crippen LogP contribution in [-0.4, -0.2) is 88.3 Å². The molecule has 2 atom stereocenters. The minimum Gasteiger partial charge on any atom is -0.491 e. The number of ether oxygens (including phenoxy) is 4. The monoisotopic (exact) mass is 702 g/mol. The number of hydrogen-bond donors (Lipinski definition) is 0. The first-order chi connectivity index (χ1) is 24.9. The number of anilines is 2. The van der Waals surface area contributed by atoms with E-state index < -0.39 is 17.2 Å². The Bertz CT molecular complexity index is 1930. The molecular formula is C36H40F2N8O5. The van der Waals surface area contributed by atoms with Crippen molar-refractivity contribution in [2.45, 2.75) is 37.8 Å². The lowest BCUT2D eigenvalue weighted by Gasteiger charge is -2.37. The first-order valence-electron chi connectivity index (χ1n) is 16.9. The third-order valence-corrected chi connectivity index (χ3v) is 9.36. The fourth-order valence-corrected chi connectivity index (χ4v) is 6.67. The maximum Gasteiger partial charge on any atom is 0.352 e. The van der Waals surface area contributed by atoms with Gasteiger partial charge in [0.1, 0.15) is 55.3 Å². The molecule has 5 aromatic rings. The van der Waals surface area contributed by atoms with E-state index in [2.05, 4.69) is 37.1 Å². The fraction of sp³-hybridized carbons (Fsp3) is 0.389. The molecule has 3 aromatic carbocycles. The molecule has 7 rings (SSSR count). The smallest absolute Gasteiger partial charge is 0.352 e. The zero-order valence-corrected chi connectivity index (χ0v) is 28.3. The number of hydrogen-bond acceptors (Lipinski definition) is 10. The van der Waals surface area contributed by atoms with Gasteiger partial charge in [-0.15, -0.1) is 0 Å². The predicted octanol–water partition coefficient (Wildman–Crippen LogP) is 4.00. The van der Waals surface area contributed by atoms with Gasteiger partial charge in [0, 0.05) is 56.3 Å². The Hall–Kier alpha value is -5.12. The first kappa shape index (κ1) is 34.3. The summed E-state index contributed by atoms with van der Waals surface area (Å²) in [7, 11) is 1.59. The molecule has 0 saturated carbocycles. The summed E-state index contributed by atoms with van der Waals surface area (Å²) in [5.74, 6) is -0.571. The molecular weight excluding hydrogens is 662 g/mol. The van der Waals surface area contributed by atoms with Gasteiger partial charge in [0.25, 0.3) is 0 Å². The van der Waals surface area contributed by atoms with E-state index in [1.165, 1.54) is 34.0 Å². The van der Waals surface area contributed by atoms with Crippen LogP contribution in [0.4, 0.5) is 20.2 Å². The Morgan fingerprint density at radius 1 is 0.882 bits per heavy atom. The average Bonchev–Trinajstić information content (AvgIpc) is 3.91. The van der Waals surface area contributed by atoms with Crippen LogP contribution in [0.25, 0.3) is 5.69 Å². The van der Waals surface area contributed by atoms with E-state index in [0.717, 1.165) is 49.3 Å². The Morgan fingerprint density at radius 3 is 2.25 bits per heavy atom. The van der Waals surface area contributed by atoms with Gasteiger partial charge in [-0.1, -0.05) is 6.07 Å². The van der Waals surface area contributed by atoms with Crippen molar-refractivity contribution in [3.63, 3.8) is 0 Å². The molecule has 51 heavy (non-hydrogen) atoms. The maximum atomic E-state index is 15.0. The quantitative estimate of drug-likeness (QED) is 0.157. The number of nitrogens with zero attached hydrogens (tertiary/aromatic N) is 8. The molecule has 0 amide bonds. The molecule has 0 aliphatic carbocycles. The minimum atomic E-state index is -1.02. The van der Waals surface area contributed by atoms with Crippen LogP contribution in [0, 0.1) is 11.6 Å². The molecule has 15 heteroatoms. The molecule has 2 aliphatic rings. The summed E-state index contributed by atoms with van der Waals surface area (Å²) in [5, 5.41) is 8.33. The van der Waals surface area contributed by atoms with Crippen molar-refractivity contribution >= 4 is 11.4 Å². The van der Waals surface area contributed by atoms with E-state index in [1.54, 1.807) is 18.1 Å². The van der Waals surface area contributed by atoms with E-state index in [1.807, 2.05) is 36.4 Å². The number of piperazine rings is 1. The van der Waals surface area contributed by atoms with Gasteiger partial charge in [0.2, 0.25) is 0 Å². The van der Waals surface area contributed by atoms with Crippen molar-refractivity contribution in [3.05, 3.63) is 113 Å². The summed E-state index contributed by atoms with van der Waals surface area (Å²) < 4.78 is 56.0. The van der Waals surface area contributed by atoms with E-state index in [4.69, 9.17) is 18.9 Å². The molecule has 0 bridgehead atoms. The lowest BCUT2D eigenvalue weighted by Crippen LogP contribution is -2.46. The summed E-state index contributed by atoms with van der Waals surface area (Å²) >= 11 is 0. The van der Waals surface area contributed by atoms with Crippen LogP contribution in [0.1, 0.15) is 18.4 Å². The van der Waals surface area contributed by atoms with Crippen LogP contribution in [0.5, 0.6) is 5.75 Å². The topological polar surface area (TPSA) is 114 Å². The Labute approximate surface area is 293 Å². The summed E-state index contributed by atoms with van der Waals surface area (Å²) in [5.41, 5.74) is 1.95. The zero-order valence-electron chi connectivity index (χ0n) is 28.3. The van der Waals surface area contributed by atoms with Crippen molar-refractivity contribution in [1.82, 2.24) is 29.1 Å². The average molecular weight is 703 g/mol. The maximum absolute atomic E-state index is 15.0. The summed E-state index contributed by atoms with van der Waals surface area (Å²) in [6.45, 7) is 4.83. The number of benzene rings is 3. The molecule has 0 spiro atoms.